The smallest absolute Gasteiger partial charge is 0.128 e. The van der Waals surface area contributed by atoms with Gasteiger partial charge in [0.15, 0.2) is 0 Å². The Bertz CT molecular complexity index is 455. The molecule has 0 spiro atoms. The number of nitrogens with one attached hydrogen (secondary N) is 1. The predicted octanol–water partition coefficient (Wildman–Crippen LogP) is 2.04. The van der Waals surface area contributed by atoms with E-state index in [0.29, 0.717) is 5.56 Å². The molecule has 1 aromatic carbocycles. The molecule has 2 fully saturated rings. The second kappa shape index (κ2) is 4.57. The maximum absolute atomic E-state index is 13.8. The minimum Gasteiger partial charge on any atom is -0.375 e. The van der Waals surface area contributed by atoms with Gasteiger partial charge in [-0.3, -0.25) is 11.3 Å². The van der Waals surface area contributed by atoms with Crippen LogP contribution in [0.1, 0.15) is 30.9 Å². The zero-order chi connectivity index (χ0) is 12.7. The summed E-state index contributed by atoms with van der Waals surface area (Å²) in [5.41, 5.74) is 2.92. The average molecular weight is 254 g/mol. The van der Waals surface area contributed by atoms with Crippen LogP contribution < -0.4 is 11.3 Å². The van der Waals surface area contributed by atoms with Crippen LogP contribution in [0.5, 0.6) is 0 Å². The van der Waals surface area contributed by atoms with Gasteiger partial charge in [0.1, 0.15) is 11.6 Å². The number of hydrazine groups is 1. The van der Waals surface area contributed by atoms with Gasteiger partial charge in [0.05, 0.1) is 18.2 Å². The van der Waals surface area contributed by atoms with E-state index in [9.17, 15) is 8.78 Å². The second-order valence-electron chi connectivity index (χ2n) is 5.08. The minimum atomic E-state index is -0.448. The van der Waals surface area contributed by atoms with Crippen LogP contribution in [0.2, 0.25) is 0 Å². The molecule has 2 aliphatic rings. The Hall–Kier alpha value is -1.04. The van der Waals surface area contributed by atoms with Gasteiger partial charge >= 0.3 is 0 Å². The van der Waals surface area contributed by atoms with E-state index in [-0.39, 0.29) is 18.1 Å². The number of ether oxygens (including phenoxy) is 1. The molecule has 2 bridgehead atoms. The fraction of sp³-hybridized carbons (Fsp3) is 0.538. The summed E-state index contributed by atoms with van der Waals surface area (Å²) in [4.78, 5) is 0. The molecule has 18 heavy (non-hydrogen) atoms. The highest BCUT2D eigenvalue weighted by Gasteiger charge is 2.45. The van der Waals surface area contributed by atoms with Gasteiger partial charge < -0.3 is 4.74 Å². The second-order valence-corrected chi connectivity index (χ2v) is 5.08. The van der Waals surface area contributed by atoms with Crippen molar-refractivity contribution in [1.29, 1.82) is 0 Å². The zero-order valence-electron chi connectivity index (χ0n) is 9.90. The summed E-state index contributed by atoms with van der Waals surface area (Å²) >= 11 is 0. The molecule has 0 amide bonds. The molecule has 3 N–H and O–H groups in total. The van der Waals surface area contributed by atoms with Gasteiger partial charge in [0.2, 0.25) is 0 Å². The van der Waals surface area contributed by atoms with Crippen LogP contribution in [0.3, 0.4) is 0 Å². The molecule has 98 valence electrons. The van der Waals surface area contributed by atoms with Crippen molar-refractivity contribution in [2.75, 3.05) is 0 Å². The number of hydrogen-bond acceptors (Lipinski definition) is 3. The van der Waals surface area contributed by atoms with Crippen molar-refractivity contribution in [1.82, 2.24) is 5.43 Å². The standard InChI is InChI=1S/C13H16F2N2O/c14-7-1-3-11(15)9(5-7)13(17-16)10-6-8-2-4-12(10)18-8/h1,3,5,8,10,12-13,17H,2,4,6,16H2. The molecule has 2 heterocycles. The third-order valence-electron chi connectivity index (χ3n) is 4.05. The Morgan fingerprint density at radius 1 is 1.33 bits per heavy atom. The number of rotatable bonds is 3. The molecule has 4 atom stereocenters. The molecule has 0 radical (unpaired) electrons. The van der Waals surface area contributed by atoms with Crippen LogP contribution in [0.15, 0.2) is 18.2 Å². The summed E-state index contributed by atoms with van der Waals surface area (Å²) in [6.07, 6.45) is 3.26. The van der Waals surface area contributed by atoms with Crippen LogP contribution in [0.25, 0.3) is 0 Å². The van der Waals surface area contributed by atoms with Crippen molar-refractivity contribution in [2.45, 2.75) is 37.5 Å². The third-order valence-corrected chi connectivity index (χ3v) is 4.05. The van der Waals surface area contributed by atoms with E-state index in [0.717, 1.165) is 31.4 Å². The molecule has 0 aliphatic carbocycles. The van der Waals surface area contributed by atoms with Crippen molar-refractivity contribution in [3.63, 3.8) is 0 Å². The maximum Gasteiger partial charge on any atom is 0.128 e. The van der Waals surface area contributed by atoms with Crippen molar-refractivity contribution in [3.05, 3.63) is 35.4 Å². The summed E-state index contributed by atoms with van der Waals surface area (Å²) in [5.74, 6) is 4.78. The normalized spacial score (nSPS) is 31.8. The van der Waals surface area contributed by atoms with Crippen molar-refractivity contribution in [2.24, 2.45) is 11.8 Å². The first-order valence-corrected chi connectivity index (χ1v) is 6.25. The quantitative estimate of drug-likeness (QED) is 0.641. The highest BCUT2D eigenvalue weighted by atomic mass is 19.1. The van der Waals surface area contributed by atoms with Crippen LogP contribution >= 0.6 is 0 Å². The van der Waals surface area contributed by atoms with Gasteiger partial charge in [-0.15, -0.1) is 0 Å². The van der Waals surface area contributed by atoms with Gasteiger partial charge in [-0.1, -0.05) is 0 Å². The summed E-state index contributed by atoms with van der Waals surface area (Å²) in [7, 11) is 0. The van der Waals surface area contributed by atoms with Crippen molar-refractivity contribution < 1.29 is 13.5 Å². The van der Waals surface area contributed by atoms with Crippen molar-refractivity contribution >= 4 is 0 Å². The molecule has 3 nitrogen and oxygen atoms in total. The molecule has 0 saturated carbocycles. The fourth-order valence-corrected chi connectivity index (χ4v) is 3.22. The van der Waals surface area contributed by atoms with E-state index in [2.05, 4.69) is 5.43 Å². The first-order valence-electron chi connectivity index (χ1n) is 6.25. The molecule has 2 aliphatic heterocycles. The van der Waals surface area contributed by atoms with E-state index in [1.807, 2.05) is 0 Å². The lowest BCUT2D eigenvalue weighted by molar-refractivity contribution is 0.0853. The summed E-state index contributed by atoms with van der Waals surface area (Å²) < 4.78 is 32.8. The Balaban J connectivity index is 1.90. The number of fused-ring (bicyclic) bond motifs is 2. The van der Waals surface area contributed by atoms with Crippen LogP contribution in [0, 0.1) is 17.6 Å². The highest BCUT2D eigenvalue weighted by molar-refractivity contribution is 5.24. The van der Waals surface area contributed by atoms with E-state index >= 15 is 0 Å². The first-order chi connectivity index (χ1) is 8.69. The van der Waals surface area contributed by atoms with E-state index in [4.69, 9.17) is 10.6 Å². The molecule has 4 unspecified atom stereocenters. The largest absolute Gasteiger partial charge is 0.375 e. The van der Waals surface area contributed by atoms with E-state index < -0.39 is 17.7 Å². The molecule has 2 saturated heterocycles. The molecule has 1 aromatic rings. The van der Waals surface area contributed by atoms with Gasteiger partial charge in [-0.05, 0) is 37.5 Å². The summed E-state index contributed by atoms with van der Waals surface area (Å²) in [6.45, 7) is 0. The third kappa shape index (κ3) is 1.92. The van der Waals surface area contributed by atoms with Gasteiger partial charge in [-0.2, -0.15) is 0 Å². The molecule has 0 aromatic heterocycles. The fourth-order valence-electron chi connectivity index (χ4n) is 3.22. The lowest BCUT2D eigenvalue weighted by Crippen LogP contribution is -2.38. The number of benzene rings is 1. The first kappa shape index (κ1) is 12.0. The maximum atomic E-state index is 13.8. The van der Waals surface area contributed by atoms with Gasteiger partial charge in [-0.25, -0.2) is 8.78 Å². The highest BCUT2D eigenvalue weighted by Crippen LogP contribution is 2.44. The molecular formula is C13H16F2N2O. The van der Waals surface area contributed by atoms with E-state index in [1.54, 1.807) is 0 Å². The zero-order valence-corrected chi connectivity index (χ0v) is 9.90. The summed E-state index contributed by atoms with van der Waals surface area (Å²) in [5, 5.41) is 0. The van der Waals surface area contributed by atoms with Gasteiger partial charge in [0, 0.05) is 11.5 Å². The molecule has 5 heteroatoms. The number of hydrogen-bond donors (Lipinski definition) is 2. The van der Waals surface area contributed by atoms with Crippen molar-refractivity contribution in [3.8, 4) is 0 Å². The topological polar surface area (TPSA) is 47.3 Å². The lowest BCUT2D eigenvalue weighted by Gasteiger charge is -2.28. The van der Waals surface area contributed by atoms with E-state index in [1.165, 1.54) is 6.07 Å². The Kier molecular flexibility index (Phi) is 3.05. The van der Waals surface area contributed by atoms with Crippen LogP contribution in [-0.4, -0.2) is 12.2 Å². The Morgan fingerprint density at radius 2 is 2.17 bits per heavy atom. The molecular weight excluding hydrogens is 238 g/mol. The number of halogens is 2. The minimum absolute atomic E-state index is 0.110. The van der Waals surface area contributed by atoms with Crippen LogP contribution in [-0.2, 0) is 4.74 Å². The lowest BCUT2D eigenvalue weighted by atomic mass is 9.81. The Labute approximate surface area is 104 Å². The van der Waals surface area contributed by atoms with Crippen LogP contribution in [0.4, 0.5) is 8.78 Å². The number of nitrogens with two attached hydrogens (primary N) is 1. The SMILES string of the molecule is NNC(c1cc(F)ccc1F)C1CC2CCC1O2. The Morgan fingerprint density at radius 3 is 2.78 bits per heavy atom. The predicted molar refractivity (Wildman–Crippen MR) is 62.4 cm³/mol. The molecule has 3 rings (SSSR count). The monoisotopic (exact) mass is 254 g/mol. The summed E-state index contributed by atoms with van der Waals surface area (Å²) in [6, 6.07) is 3.08. The average Bonchev–Trinajstić information content (AvgIpc) is 2.97. The van der Waals surface area contributed by atoms with Gasteiger partial charge in [0.25, 0.3) is 0 Å².